The van der Waals surface area contributed by atoms with Crippen LogP contribution in [0.3, 0.4) is 0 Å². The third-order valence-electron chi connectivity index (χ3n) is 3.92. The average Bonchev–Trinajstić information content (AvgIpc) is 2.60. The molecule has 2 aromatic rings. The van der Waals surface area contributed by atoms with Crippen LogP contribution in [-0.4, -0.2) is 33.2 Å². The minimum absolute atomic E-state index is 0.0125. The van der Waals surface area contributed by atoms with E-state index in [-0.39, 0.29) is 12.5 Å². The van der Waals surface area contributed by atoms with Gasteiger partial charge in [-0.3, -0.25) is 4.79 Å². The minimum Gasteiger partial charge on any atom is -0.484 e. The number of aryl methyl sites for hydroxylation is 2. The summed E-state index contributed by atoms with van der Waals surface area (Å²) in [5.41, 5.74) is 3.39. The van der Waals surface area contributed by atoms with Crippen molar-refractivity contribution in [1.82, 2.24) is 5.32 Å². The van der Waals surface area contributed by atoms with Crippen LogP contribution in [0, 0.1) is 6.92 Å². The maximum Gasteiger partial charge on any atom is 0.257 e. The Morgan fingerprint density at radius 2 is 1.88 bits per heavy atom. The highest BCUT2D eigenvalue weighted by molar-refractivity contribution is 6.31. The number of benzene rings is 2. The zero-order valence-electron chi connectivity index (χ0n) is 15.0. The number of rotatable bonds is 8. The molecule has 0 unspecified atom stereocenters. The molecule has 4 nitrogen and oxygen atoms in total. The fraction of sp³-hybridized carbons (Fsp3) is 0.350. The van der Waals surface area contributed by atoms with Crippen molar-refractivity contribution in [3.63, 3.8) is 0 Å². The first-order chi connectivity index (χ1) is 12.0. The van der Waals surface area contributed by atoms with Crippen LogP contribution in [-0.2, 0) is 11.2 Å². The number of ether oxygens (including phenoxy) is 1. The molecular formula is C20H25ClN2O2. The van der Waals surface area contributed by atoms with Gasteiger partial charge in [-0.25, -0.2) is 0 Å². The van der Waals surface area contributed by atoms with E-state index in [1.54, 1.807) is 12.1 Å². The van der Waals surface area contributed by atoms with Crippen molar-refractivity contribution in [1.29, 1.82) is 0 Å². The molecule has 0 aliphatic heterocycles. The minimum atomic E-state index is -0.115. The van der Waals surface area contributed by atoms with Crippen molar-refractivity contribution >= 4 is 23.2 Å². The van der Waals surface area contributed by atoms with E-state index in [2.05, 4.69) is 34.5 Å². The second-order valence-electron chi connectivity index (χ2n) is 6.21. The predicted molar refractivity (Wildman–Crippen MR) is 104 cm³/mol. The third-order valence-corrected chi connectivity index (χ3v) is 4.34. The molecule has 0 aliphatic rings. The molecule has 1 N–H and O–H groups in total. The first-order valence-corrected chi connectivity index (χ1v) is 8.75. The van der Waals surface area contributed by atoms with Gasteiger partial charge < -0.3 is 15.0 Å². The number of anilines is 1. The van der Waals surface area contributed by atoms with Gasteiger partial charge in [0.1, 0.15) is 5.75 Å². The Balaban J connectivity index is 1.65. The molecule has 2 aromatic carbocycles. The lowest BCUT2D eigenvalue weighted by atomic mass is 10.1. The molecule has 0 radical (unpaired) electrons. The van der Waals surface area contributed by atoms with Crippen LogP contribution >= 0.6 is 11.6 Å². The van der Waals surface area contributed by atoms with Gasteiger partial charge in [-0.2, -0.15) is 0 Å². The van der Waals surface area contributed by atoms with Gasteiger partial charge in [0.25, 0.3) is 5.91 Å². The van der Waals surface area contributed by atoms with Crippen LogP contribution < -0.4 is 15.0 Å². The molecule has 134 valence electrons. The summed E-state index contributed by atoms with van der Waals surface area (Å²) in [6.45, 7) is 2.55. The van der Waals surface area contributed by atoms with Gasteiger partial charge >= 0.3 is 0 Å². The number of nitrogens with one attached hydrogen (secondary N) is 1. The predicted octanol–water partition coefficient (Wildman–Crippen LogP) is 3.84. The summed E-state index contributed by atoms with van der Waals surface area (Å²) in [6.07, 6.45) is 1.83. The van der Waals surface area contributed by atoms with Gasteiger partial charge in [-0.1, -0.05) is 23.7 Å². The molecule has 0 saturated heterocycles. The highest BCUT2D eigenvalue weighted by Gasteiger charge is 2.04. The van der Waals surface area contributed by atoms with Crippen LogP contribution in [0.2, 0.25) is 5.02 Å². The van der Waals surface area contributed by atoms with E-state index in [0.717, 1.165) is 18.4 Å². The smallest absolute Gasteiger partial charge is 0.257 e. The summed E-state index contributed by atoms with van der Waals surface area (Å²) in [5.74, 6) is 0.536. The van der Waals surface area contributed by atoms with E-state index in [1.807, 2.05) is 27.1 Å². The van der Waals surface area contributed by atoms with Gasteiger partial charge in [0, 0.05) is 31.4 Å². The molecule has 0 bridgehead atoms. The Morgan fingerprint density at radius 3 is 2.52 bits per heavy atom. The highest BCUT2D eigenvalue weighted by Crippen LogP contribution is 2.20. The van der Waals surface area contributed by atoms with E-state index in [0.29, 0.717) is 17.3 Å². The van der Waals surface area contributed by atoms with Crippen molar-refractivity contribution in [2.75, 3.05) is 32.1 Å². The van der Waals surface area contributed by atoms with Crippen molar-refractivity contribution < 1.29 is 9.53 Å². The van der Waals surface area contributed by atoms with Crippen LogP contribution in [0.4, 0.5) is 5.69 Å². The third kappa shape index (κ3) is 6.31. The second kappa shape index (κ2) is 9.33. The number of carbonyl (C=O) groups excluding carboxylic acids is 1. The molecule has 1 amide bonds. The zero-order chi connectivity index (χ0) is 18.2. The topological polar surface area (TPSA) is 41.6 Å². The van der Waals surface area contributed by atoms with E-state index < -0.39 is 0 Å². The van der Waals surface area contributed by atoms with Gasteiger partial charge in [-0.15, -0.1) is 0 Å². The first-order valence-electron chi connectivity index (χ1n) is 8.37. The van der Waals surface area contributed by atoms with E-state index in [4.69, 9.17) is 16.3 Å². The quantitative estimate of drug-likeness (QED) is 0.727. The van der Waals surface area contributed by atoms with Crippen LogP contribution in [0.25, 0.3) is 0 Å². The Hall–Kier alpha value is -2.20. The lowest BCUT2D eigenvalue weighted by Gasteiger charge is -2.12. The van der Waals surface area contributed by atoms with E-state index in [1.165, 1.54) is 11.3 Å². The second-order valence-corrected chi connectivity index (χ2v) is 6.62. The highest BCUT2D eigenvalue weighted by atomic mass is 35.5. The fourth-order valence-corrected chi connectivity index (χ4v) is 2.51. The van der Waals surface area contributed by atoms with Crippen LogP contribution in [0.15, 0.2) is 42.5 Å². The molecule has 0 heterocycles. The molecule has 0 aliphatic carbocycles. The summed E-state index contributed by atoms with van der Waals surface area (Å²) in [5, 5.41) is 3.57. The van der Waals surface area contributed by atoms with Gasteiger partial charge in [0.2, 0.25) is 0 Å². The van der Waals surface area contributed by atoms with Gasteiger partial charge in [-0.05, 0) is 61.2 Å². The Kier molecular flexibility index (Phi) is 7.14. The van der Waals surface area contributed by atoms with E-state index in [9.17, 15) is 4.79 Å². The summed E-state index contributed by atoms with van der Waals surface area (Å²) < 4.78 is 5.48. The largest absolute Gasteiger partial charge is 0.484 e. The average molecular weight is 361 g/mol. The Bertz CT molecular complexity index is 699. The normalized spacial score (nSPS) is 10.4. The molecule has 0 spiro atoms. The monoisotopic (exact) mass is 360 g/mol. The summed E-state index contributed by atoms with van der Waals surface area (Å²) in [7, 11) is 4.05. The number of amides is 1. The first kappa shape index (κ1) is 19.1. The van der Waals surface area contributed by atoms with Gasteiger partial charge in [0.15, 0.2) is 6.61 Å². The van der Waals surface area contributed by atoms with Crippen molar-refractivity contribution in [2.45, 2.75) is 19.8 Å². The zero-order valence-corrected chi connectivity index (χ0v) is 15.8. The fourth-order valence-electron chi connectivity index (χ4n) is 2.39. The molecule has 0 fully saturated rings. The standard InChI is InChI=1S/C20H25ClN2O2/c1-15-13-18(10-11-19(15)21)25-14-20(24)22-12-4-5-16-6-8-17(9-7-16)23(2)3/h6-11,13H,4-5,12,14H2,1-3H3,(H,22,24). The number of halogens is 1. The Labute approximate surface area is 154 Å². The summed E-state index contributed by atoms with van der Waals surface area (Å²) >= 11 is 5.97. The maximum absolute atomic E-state index is 11.8. The molecule has 25 heavy (non-hydrogen) atoms. The van der Waals surface area contributed by atoms with Gasteiger partial charge in [0.05, 0.1) is 0 Å². The van der Waals surface area contributed by atoms with Crippen molar-refractivity contribution in [3.05, 3.63) is 58.6 Å². The molecule has 5 heteroatoms. The van der Waals surface area contributed by atoms with E-state index >= 15 is 0 Å². The molecular weight excluding hydrogens is 336 g/mol. The summed E-state index contributed by atoms with van der Waals surface area (Å²) in [4.78, 5) is 13.9. The number of hydrogen-bond acceptors (Lipinski definition) is 3. The molecule has 0 atom stereocenters. The SMILES string of the molecule is Cc1cc(OCC(=O)NCCCc2ccc(N(C)C)cc2)ccc1Cl. The summed E-state index contributed by atoms with van der Waals surface area (Å²) in [6, 6.07) is 13.8. The maximum atomic E-state index is 11.8. The lowest BCUT2D eigenvalue weighted by Crippen LogP contribution is -2.29. The molecule has 0 aromatic heterocycles. The number of nitrogens with zero attached hydrogens (tertiary/aromatic N) is 1. The van der Waals surface area contributed by atoms with Crippen molar-refractivity contribution in [2.24, 2.45) is 0 Å². The number of carbonyl (C=O) groups is 1. The Morgan fingerprint density at radius 1 is 1.16 bits per heavy atom. The lowest BCUT2D eigenvalue weighted by molar-refractivity contribution is -0.123. The van der Waals surface area contributed by atoms with Crippen LogP contribution in [0.5, 0.6) is 5.75 Å². The number of hydrogen-bond donors (Lipinski definition) is 1. The van der Waals surface area contributed by atoms with Crippen LogP contribution in [0.1, 0.15) is 17.5 Å². The molecule has 0 saturated carbocycles. The molecule has 2 rings (SSSR count). The van der Waals surface area contributed by atoms with Crippen molar-refractivity contribution in [3.8, 4) is 5.75 Å².